The first-order valence-electron chi connectivity index (χ1n) is 8.41. The highest BCUT2D eigenvalue weighted by Crippen LogP contribution is 2.63. The molecule has 4 rings (SSSR count). The zero-order valence-electron chi connectivity index (χ0n) is 13.8. The summed E-state index contributed by atoms with van der Waals surface area (Å²) in [5.41, 5.74) is 8.92. The molecule has 1 aromatic rings. The molecule has 0 unspecified atom stereocenters. The van der Waals surface area contributed by atoms with Gasteiger partial charge in [0, 0.05) is 25.2 Å². The van der Waals surface area contributed by atoms with Crippen LogP contribution in [0.3, 0.4) is 0 Å². The summed E-state index contributed by atoms with van der Waals surface area (Å²) in [6.07, 6.45) is 6.48. The lowest BCUT2D eigenvalue weighted by Crippen LogP contribution is -2.69. The van der Waals surface area contributed by atoms with Crippen molar-refractivity contribution in [1.29, 1.82) is 0 Å². The van der Waals surface area contributed by atoms with E-state index in [0.29, 0.717) is 5.41 Å². The first kappa shape index (κ1) is 13.4. The number of benzene rings is 1. The van der Waals surface area contributed by atoms with E-state index in [1.807, 2.05) is 0 Å². The minimum absolute atomic E-state index is 0.219. The number of fused-ring (bicyclic) bond motifs is 2. The minimum atomic E-state index is 0.219. The lowest BCUT2D eigenvalue weighted by Gasteiger charge is -2.57. The molecule has 0 radical (unpaired) electrons. The van der Waals surface area contributed by atoms with Crippen LogP contribution in [-0.4, -0.2) is 15.9 Å². The van der Waals surface area contributed by atoms with Gasteiger partial charge in [0.1, 0.15) is 0 Å². The van der Waals surface area contributed by atoms with E-state index in [-0.39, 0.29) is 11.0 Å². The number of hydrazone groups is 1. The van der Waals surface area contributed by atoms with E-state index in [0.717, 1.165) is 0 Å². The maximum Gasteiger partial charge on any atom is 0.205 e. The number of rotatable bonds is 0. The number of para-hydroxylation sites is 1. The first-order chi connectivity index (χ1) is 9.92. The van der Waals surface area contributed by atoms with Gasteiger partial charge in [-0.15, -0.1) is 4.68 Å². The zero-order valence-corrected chi connectivity index (χ0v) is 13.8. The van der Waals surface area contributed by atoms with E-state index in [9.17, 15) is 0 Å². The molecule has 1 saturated carbocycles. The van der Waals surface area contributed by atoms with Crippen LogP contribution in [-0.2, 0) is 5.41 Å². The Hall–Kier alpha value is -1.31. The average molecular weight is 283 g/mol. The van der Waals surface area contributed by atoms with E-state index in [2.05, 4.69) is 62.1 Å². The summed E-state index contributed by atoms with van der Waals surface area (Å²) in [6, 6.07) is 8.97. The third kappa shape index (κ3) is 1.37. The van der Waals surface area contributed by atoms with Crippen LogP contribution in [0.2, 0.25) is 0 Å². The van der Waals surface area contributed by atoms with Gasteiger partial charge in [0.15, 0.2) is 5.71 Å². The largest absolute Gasteiger partial charge is 0.205 e. The van der Waals surface area contributed by atoms with Crippen molar-refractivity contribution in [1.82, 2.24) is 0 Å². The summed E-state index contributed by atoms with van der Waals surface area (Å²) in [5, 5.41) is 0. The third-order valence-corrected chi connectivity index (χ3v) is 6.88. The molecule has 0 aromatic heterocycles. The molecule has 0 bridgehead atoms. The van der Waals surface area contributed by atoms with Crippen molar-refractivity contribution in [2.75, 3.05) is 5.43 Å². The fourth-order valence-corrected chi connectivity index (χ4v) is 5.85. The van der Waals surface area contributed by atoms with E-state index in [1.165, 1.54) is 49.1 Å². The maximum absolute atomic E-state index is 3.78. The molecule has 0 saturated heterocycles. The summed E-state index contributed by atoms with van der Waals surface area (Å²) < 4.78 is 2.56. The van der Waals surface area contributed by atoms with Gasteiger partial charge in [-0.3, -0.25) is 0 Å². The van der Waals surface area contributed by atoms with Crippen LogP contribution in [0.15, 0.2) is 24.3 Å². The van der Waals surface area contributed by atoms with Gasteiger partial charge in [-0.2, -0.15) is 5.43 Å². The highest BCUT2D eigenvalue weighted by atomic mass is 15.5. The Labute approximate surface area is 128 Å². The van der Waals surface area contributed by atoms with E-state index < -0.39 is 0 Å². The van der Waals surface area contributed by atoms with Crippen LogP contribution in [0.5, 0.6) is 0 Å². The van der Waals surface area contributed by atoms with Crippen molar-refractivity contribution in [2.24, 2.45) is 5.41 Å². The van der Waals surface area contributed by atoms with E-state index in [1.54, 1.807) is 0 Å². The lowest BCUT2D eigenvalue weighted by atomic mass is 9.48. The molecule has 1 fully saturated rings. The Morgan fingerprint density at radius 3 is 2.62 bits per heavy atom. The molecule has 1 aliphatic carbocycles. The number of hydrogen-bond donors (Lipinski definition) is 1. The number of nitrogens with one attached hydrogen (secondary N) is 1. The third-order valence-electron chi connectivity index (χ3n) is 6.88. The Bertz CT molecular complexity index is 643. The molecule has 1 spiro atoms. The standard InChI is InChI=1S/C19H27N2/c1-14-10-13-19-17(2,3)11-7-12-18(19,4)15-8-5-6-9-16(15)20-21(14)19/h5-6,8-9,20H,7,10-13H2,1-4H3/q+1/t18-,19-/m0/s1. The predicted octanol–water partition coefficient (Wildman–Crippen LogP) is 4.50. The molecule has 2 aliphatic heterocycles. The second kappa shape index (κ2) is 3.91. The second-order valence-electron chi connectivity index (χ2n) is 8.16. The van der Waals surface area contributed by atoms with Crippen molar-refractivity contribution in [3.63, 3.8) is 0 Å². The molecule has 112 valence electrons. The number of hydrazine groups is 1. The Morgan fingerprint density at radius 1 is 1.05 bits per heavy atom. The SMILES string of the molecule is CC1=[N+]2Nc3ccccc3[C@]3(C)CCCC(C)(C)[C@]23CC1. The summed E-state index contributed by atoms with van der Waals surface area (Å²) in [5.74, 6) is 0. The molecule has 2 heterocycles. The fraction of sp³-hybridized carbons (Fsp3) is 0.632. The first-order valence-corrected chi connectivity index (χ1v) is 8.41. The van der Waals surface area contributed by atoms with Crippen LogP contribution in [0.4, 0.5) is 5.69 Å². The molecule has 2 atom stereocenters. The number of anilines is 1. The number of nitrogens with zero attached hydrogens (tertiary/aromatic N) is 1. The fourth-order valence-electron chi connectivity index (χ4n) is 5.85. The van der Waals surface area contributed by atoms with Gasteiger partial charge >= 0.3 is 0 Å². The summed E-state index contributed by atoms with van der Waals surface area (Å²) in [7, 11) is 0. The van der Waals surface area contributed by atoms with Crippen molar-refractivity contribution < 1.29 is 4.68 Å². The predicted molar refractivity (Wildman–Crippen MR) is 88.0 cm³/mol. The molecule has 21 heavy (non-hydrogen) atoms. The van der Waals surface area contributed by atoms with Crippen molar-refractivity contribution in [3.8, 4) is 0 Å². The molecule has 3 aliphatic rings. The van der Waals surface area contributed by atoms with Gasteiger partial charge in [-0.1, -0.05) is 38.5 Å². The second-order valence-corrected chi connectivity index (χ2v) is 8.16. The number of hydrogen-bond acceptors (Lipinski definition) is 1. The normalized spacial score (nSPS) is 36.6. The monoisotopic (exact) mass is 283 g/mol. The maximum atomic E-state index is 3.78. The van der Waals surface area contributed by atoms with E-state index >= 15 is 0 Å². The molecule has 2 heteroatoms. The lowest BCUT2D eigenvalue weighted by molar-refractivity contribution is -0.616. The van der Waals surface area contributed by atoms with Crippen LogP contribution < -0.4 is 5.43 Å². The van der Waals surface area contributed by atoms with Gasteiger partial charge in [-0.05, 0) is 31.4 Å². The minimum Gasteiger partial charge on any atom is -0.165 e. The molecule has 1 N–H and O–H groups in total. The highest BCUT2D eigenvalue weighted by molar-refractivity contribution is 5.80. The smallest absolute Gasteiger partial charge is 0.165 e. The van der Waals surface area contributed by atoms with Crippen LogP contribution >= 0.6 is 0 Å². The highest BCUT2D eigenvalue weighted by Gasteiger charge is 2.72. The van der Waals surface area contributed by atoms with Crippen molar-refractivity contribution in [3.05, 3.63) is 29.8 Å². The molecular weight excluding hydrogens is 256 g/mol. The van der Waals surface area contributed by atoms with Crippen molar-refractivity contribution in [2.45, 2.75) is 70.8 Å². The molecular formula is C19H27N2+. The van der Waals surface area contributed by atoms with E-state index in [4.69, 9.17) is 0 Å². The zero-order chi connectivity index (χ0) is 14.9. The van der Waals surface area contributed by atoms with Crippen LogP contribution in [0, 0.1) is 5.41 Å². The molecule has 0 amide bonds. The summed E-state index contributed by atoms with van der Waals surface area (Å²) in [6.45, 7) is 9.82. The summed E-state index contributed by atoms with van der Waals surface area (Å²) >= 11 is 0. The molecule has 2 nitrogen and oxygen atoms in total. The van der Waals surface area contributed by atoms with Gasteiger partial charge in [-0.25, -0.2) is 0 Å². The van der Waals surface area contributed by atoms with Crippen LogP contribution in [0.25, 0.3) is 0 Å². The van der Waals surface area contributed by atoms with Gasteiger partial charge in [0.25, 0.3) is 0 Å². The van der Waals surface area contributed by atoms with Gasteiger partial charge in [0.2, 0.25) is 5.54 Å². The van der Waals surface area contributed by atoms with Crippen molar-refractivity contribution >= 4 is 11.4 Å². The Kier molecular flexibility index (Phi) is 2.49. The van der Waals surface area contributed by atoms with Gasteiger partial charge < -0.3 is 0 Å². The quantitative estimate of drug-likeness (QED) is 0.693. The average Bonchev–Trinajstić information content (AvgIpc) is 2.78. The van der Waals surface area contributed by atoms with Gasteiger partial charge in [0.05, 0.1) is 11.1 Å². The molecule has 1 aromatic carbocycles. The Morgan fingerprint density at radius 2 is 1.81 bits per heavy atom. The topological polar surface area (TPSA) is 15.0 Å². The summed E-state index contributed by atoms with van der Waals surface area (Å²) in [4.78, 5) is 0. The Balaban J connectivity index is 2.06. The van der Waals surface area contributed by atoms with Crippen LogP contribution in [0.1, 0.15) is 65.4 Å².